The summed E-state index contributed by atoms with van der Waals surface area (Å²) in [4.78, 5) is 23.9. The molecule has 0 spiro atoms. The van der Waals surface area contributed by atoms with E-state index in [9.17, 15) is 19.8 Å². The predicted molar refractivity (Wildman–Crippen MR) is 158 cm³/mol. The number of carbonyl (C=O) groups is 2. The second-order valence-corrected chi connectivity index (χ2v) is 10.5. The Balaban J connectivity index is 1.62. The molecule has 1 aromatic carbocycles. The standard InChI is InChI=1S/C34H44O7/c1-4-13-28(14-5-2)25-39-34(38)41-26(3)40-33(37)18-12-7-6-11-17-31-29(21-24-32(31)36)20-23-30(35)22-19-27-15-9-8-10-16-27/h1-2,6,8-11,15-16,20,23,26,28-32,35-36H,7,12-14,17-19,21-22,24-25H2,3H3/b11-6-,23-20+/t26?,29-,30-,31+,32-/m0/s1. The highest BCUT2D eigenvalue weighted by Gasteiger charge is 2.32. The van der Waals surface area contributed by atoms with Crippen molar-refractivity contribution in [3.05, 3.63) is 60.2 Å². The average molecular weight is 565 g/mol. The van der Waals surface area contributed by atoms with Gasteiger partial charge in [-0.3, -0.25) is 4.79 Å². The number of hydrogen-bond donors (Lipinski definition) is 2. The van der Waals surface area contributed by atoms with Gasteiger partial charge in [0.1, 0.15) is 0 Å². The SMILES string of the molecule is C#CCC(CC#C)COC(=O)OC(C)OC(=O)CCC/C=C\C[C@H]1[C@@H](O)CC[C@@H]1/C=C/[C@@H](O)CCc1ccccc1. The minimum Gasteiger partial charge on any atom is -0.434 e. The van der Waals surface area contributed by atoms with Crippen LogP contribution in [0.4, 0.5) is 4.79 Å². The van der Waals surface area contributed by atoms with E-state index in [-0.39, 0.29) is 36.9 Å². The summed E-state index contributed by atoms with van der Waals surface area (Å²) in [6, 6.07) is 10.1. The monoisotopic (exact) mass is 564 g/mol. The van der Waals surface area contributed by atoms with E-state index in [2.05, 4.69) is 30.0 Å². The van der Waals surface area contributed by atoms with E-state index in [0.717, 1.165) is 25.7 Å². The Labute approximate surface area is 245 Å². The van der Waals surface area contributed by atoms with Crippen molar-refractivity contribution in [1.82, 2.24) is 0 Å². The summed E-state index contributed by atoms with van der Waals surface area (Å²) in [6.45, 7) is 1.48. The second kappa shape index (κ2) is 19.5. The number of hydrogen-bond acceptors (Lipinski definition) is 7. The first kappa shape index (κ1) is 33.7. The summed E-state index contributed by atoms with van der Waals surface area (Å²) in [5, 5.41) is 20.8. The van der Waals surface area contributed by atoms with Crippen LogP contribution in [0.15, 0.2) is 54.6 Å². The summed E-state index contributed by atoms with van der Waals surface area (Å²) in [7, 11) is 0. The summed E-state index contributed by atoms with van der Waals surface area (Å²) >= 11 is 0. The number of carbonyl (C=O) groups excluding carboxylic acids is 2. The van der Waals surface area contributed by atoms with Gasteiger partial charge in [-0.1, -0.05) is 54.6 Å². The van der Waals surface area contributed by atoms with Crippen molar-refractivity contribution in [3.63, 3.8) is 0 Å². The first-order valence-corrected chi connectivity index (χ1v) is 14.5. The van der Waals surface area contributed by atoms with Gasteiger partial charge in [0.15, 0.2) is 0 Å². The molecule has 1 aliphatic rings. The second-order valence-electron chi connectivity index (χ2n) is 10.5. The highest BCUT2D eigenvalue weighted by atomic mass is 16.8. The van der Waals surface area contributed by atoms with Gasteiger partial charge in [-0.2, -0.15) is 0 Å². The molecule has 7 nitrogen and oxygen atoms in total. The number of aliphatic hydroxyl groups excluding tert-OH is 2. The van der Waals surface area contributed by atoms with Gasteiger partial charge >= 0.3 is 12.1 Å². The molecule has 222 valence electrons. The predicted octanol–water partition coefficient (Wildman–Crippen LogP) is 5.75. The maximum Gasteiger partial charge on any atom is 0.511 e. The minimum absolute atomic E-state index is 0.0336. The normalized spacial score (nSPS) is 20.0. The van der Waals surface area contributed by atoms with Crippen LogP contribution in [0.2, 0.25) is 0 Å². The van der Waals surface area contributed by atoms with Crippen molar-refractivity contribution in [2.24, 2.45) is 17.8 Å². The highest BCUT2D eigenvalue weighted by molar-refractivity contribution is 5.69. The fraction of sp³-hybridized carbons (Fsp3) is 0.529. The molecular weight excluding hydrogens is 520 g/mol. The van der Waals surface area contributed by atoms with Crippen molar-refractivity contribution >= 4 is 12.1 Å². The Bertz CT molecular complexity index is 1030. The third-order valence-electron chi connectivity index (χ3n) is 7.13. The third-order valence-corrected chi connectivity index (χ3v) is 7.13. The van der Waals surface area contributed by atoms with Gasteiger partial charge in [0, 0.05) is 32.1 Å². The number of benzene rings is 1. The molecule has 0 radical (unpaired) electrons. The number of terminal acetylenes is 2. The fourth-order valence-corrected chi connectivity index (χ4v) is 4.86. The molecule has 41 heavy (non-hydrogen) atoms. The zero-order chi connectivity index (χ0) is 29.9. The summed E-state index contributed by atoms with van der Waals surface area (Å²) in [5.41, 5.74) is 1.21. The molecule has 1 saturated carbocycles. The summed E-state index contributed by atoms with van der Waals surface area (Å²) < 4.78 is 15.1. The molecule has 2 rings (SSSR count). The largest absolute Gasteiger partial charge is 0.511 e. The smallest absolute Gasteiger partial charge is 0.434 e. The number of ether oxygens (including phenoxy) is 3. The van der Waals surface area contributed by atoms with E-state index in [4.69, 9.17) is 27.1 Å². The van der Waals surface area contributed by atoms with Crippen molar-refractivity contribution in [3.8, 4) is 24.7 Å². The van der Waals surface area contributed by atoms with Crippen molar-refractivity contribution in [2.45, 2.75) is 89.6 Å². The van der Waals surface area contributed by atoms with E-state index >= 15 is 0 Å². The van der Waals surface area contributed by atoms with Gasteiger partial charge in [-0.05, 0) is 62.3 Å². The number of allylic oxidation sites excluding steroid dienone is 3. The summed E-state index contributed by atoms with van der Waals surface area (Å²) in [6.07, 6.45) is 21.7. The number of aryl methyl sites for hydroxylation is 1. The molecule has 1 aliphatic carbocycles. The number of aliphatic hydroxyl groups is 2. The van der Waals surface area contributed by atoms with E-state index in [1.165, 1.54) is 12.5 Å². The van der Waals surface area contributed by atoms with Crippen LogP contribution in [-0.2, 0) is 25.4 Å². The Morgan fingerprint density at radius 3 is 2.54 bits per heavy atom. The molecule has 5 atom stereocenters. The van der Waals surface area contributed by atoms with Crippen molar-refractivity contribution in [1.29, 1.82) is 0 Å². The third kappa shape index (κ3) is 14.1. The lowest BCUT2D eigenvalue weighted by Gasteiger charge is -2.18. The number of esters is 1. The molecule has 2 N–H and O–H groups in total. The van der Waals surface area contributed by atoms with Crippen LogP contribution < -0.4 is 0 Å². The Morgan fingerprint density at radius 2 is 1.83 bits per heavy atom. The zero-order valence-corrected chi connectivity index (χ0v) is 24.0. The molecular formula is C34H44O7. The van der Waals surface area contributed by atoms with Gasteiger partial charge in [-0.25, -0.2) is 4.79 Å². The van der Waals surface area contributed by atoms with Crippen LogP contribution in [0.3, 0.4) is 0 Å². The van der Waals surface area contributed by atoms with Gasteiger partial charge in [0.05, 0.1) is 18.8 Å². The molecule has 0 bridgehead atoms. The van der Waals surface area contributed by atoms with Crippen LogP contribution in [-0.4, -0.2) is 47.4 Å². The lowest BCUT2D eigenvalue weighted by atomic mass is 9.90. The van der Waals surface area contributed by atoms with Gasteiger partial charge in [0.2, 0.25) is 6.29 Å². The fourth-order valence-electron chi connectivity index (χ4n) is 4.86. The van der Waals surface area contributed by atoms with Crippen LogP contribution >= 0.6 is 0 Å². The molecule has 1 aromatic rings. The molecule has 1 fully saturated rings. The highest BCUT2D eigenvalue weighted by Crippen LogP contribution is 2.36. The molecule has 0 aromatic heterocycles. The lowest BCUT2D eigenvalue weighted by molar-refractivity contribution is -0.168. The molecule has 7 heteroatoms. The Morgan fingerprint density at radius 1 is 1.10 bits per heavy atom. The van der Waals surface area contributed by atoms with Crippen LogP contribution in [0.1, 0.15) is 70.3 Å². The van der Waals surface area contributed by atoms with E-state index in [1.54, 1.807) is 0 Å². The Kier molecular flexibility index (Phi) is 16.1. The first-order chi connectivity index (χ1) is 19.8. The molecule has 0 aliphatic heterocycles. The molecule has 0 amide bonds. The maximum atomic E-state index is 12.1. The van der Waals surface area contributed by atoms with Crippen LogP contribution in [0, 0.1) is 42.4 Å². The van der Waals surface area contributed by atoms with E-state index in [1.807, 2.05) is 36.4 Å². The van der Waals surface area contributed by atoms with Crippen LogP contribution in [0.5, 0.6) is 0 Å². The summed E-state index contributed by atoms with van der Waals surface area (Å²) in [5.74, 6) is 4.69. The Hall–Kier alpha value is -3.52. The molecule has 0 heterocycles. The van der Waals surface area contributed by atoms with Gasteiger partial charge < -0.3 is 24.4 Å². The van der Waals surface area contributed by atoms with E-state index < -0.39 is 24.5 Å². The average Bonchev–Trinajstić information content (AvgIpc) is 3.30. The molecule has 0 saturated heterocycles. The zero-order valence-electron chi connectivity index (χ0n) is 24.0. The van der Waals surface area contributed by atoms with Crippen LogP contribution in [0.25, 0.3) is 0 Å². The maximum absolute atomic E-state index is 12.1. The van der Waals surface area contributed by atoms with E-state index in [0.29, 0.717) is 32.1 Å². The first-order valence-electron chi connectivity index (χ1n) is 14.5. The number of unbranched alkanes of at least 4 members (excludes halogenated alkanes) is 1. The molecule has 1 unspecified atom stereocenters. The van der Waals surface area contributed by atoms with Gasteiger partial charge in [-0.15, -0.1) is 24.7 Å². The number of rotatable bonds is 17. The van der Waals surface area contributed by atoms with Crippen molar-refractivity contribution < 1.29 is 34.0 Å². The quantitative estimate of drug-likeness (QED) is 0.0817. The topological polar surface area (TPSA) is 102 Å². The minimum atomic E-state index is -1.07. The van der Waals surface area contributed by atoms with Gasteiger partial charge in [0.25, 0.3) is 0 Å². The van der Waals surface area contributed by atoms with Crippen molar-refractivity contribution in [2.75, 3.05) is 6.61 Å². The lowest BCUT2D eigenvalue weighted by Crippen LogP contribution is -2.23.